The lowest BCUT2D eigenvalue weighted by Gasteiger charge is -2.36. The highest BCUT2D eigenvalue weighted by Gasteiger charge is 2.37. The van der Waals surface area contributed by atoms with Crippen molar-refractivity contribution in [2.24, 2.45) is 5.73 Å². The highest BCUT2D eigenvalue weighted by atomic mass is 19.1. The molecular weight excluding hydrogens is 189 g/mol. The fraction of sp³-hybridized carbons (Fsp3) is 0.538. The summed E-state index contributed by atoms with van der Waals surface area (Å²) in [5.74, 6) is 0. The zero-order chi connectivity index (χ0) is 10.7. The Morgan fingerprint density at radius 3 is 2.27 bits per heavy atom. The second-order valence-corrected chi connectivity index (χ2v) is 4.57. The maximum atomic E-state index is 14.3. The fourth-order valence-electron chi connectivity index (χ4n) is 2.42. The van der Waals surface area contributed by atoms with Crippen LogP contribution in [0.2, 0.25) is 0 Å². The zero-order valence-corrected chi connectivity index (χ0v) is 8.95. The van der Waals surface area contributed by atoms with Gasteiger partial charge in [-0.3, -0.25) is 0 Å². The van der Waals surface area contributed by atoms with Gasteiger partial charge in [-0.05, 0) is 18.4 Å². The molecule has 1 atom stereocenters. The van der Waals surface area contributed by atoms with E-state index in [1.165, 1.54) is 6.42 Å². The first-order valence-corrected chi connectivity index (χ1v) is 5.70. The van der Waals surface area contributed by atoms with Crippen molar-refractivity contribution in [2.75, 3.05) is 0 Å². The van der Waals surface area contributed by atoms with E-state index in [1.54, 1.807) is 0 Å². The van der Waals surface area contributed by atoms with Crippen molar-refractivity contribution in [2.45, 2.75) is 43.8 Å². The van der Waals surface area contributed by atoms with Crippen LogP contribution in [0.25, 0.3) is 0 Å². The highest BCUT2D eigenvalue weighted by Crippen LogP contribution is 2.38. The average Bonchev–Trinajstić information content (AvgIpc) is 2.30. The van der Waals surface area contributed by atoms with Gasteiger partial charge >= 0.3 is 0 Å². The molecule has 0 amide bonds. The van der Waals surface area contributed by atoms with Crippen LogP contribution in [0.1, 0.15) is 43.8 Å². The fourth-order valence-corrected chi connectivity index (χ4v) is 2.42. The molecule has 2 rings (SSSR count). The molecule has 0 aromatic heterocycles. The monoisotopic (exact) mass is 207 g/mol. The molecule has 1 aromatic rings. The van der Waals surface area contributed by atoms with Gasteiger partial charge < -0.3 is 5.73 Å². The molecule has 1 aromatic carbocycles. The Morgan fingerprint density at radius 2 is 1.67 bits per heavy atom. The van der Waals surface area contributed by atoms with Crippen LogP contribution in [0.5, 0.6) is 0 Å². The molecule has 1 nitrogen and oxygen atoms in total. The summed E-state index contributed by atoms with van der Waals surface area (Å²) in [5, 5.41) is 0. The van der Waals surface area contributed by atoms with Crippen molar-refractivity contribution in [3.8, 4) is 0 Å². The topological polar surface area (TPSA) is 26.0 Å². The molecule has 0 spiro atoms. The lowest BCUT2D eigenvalue weighted by Crippen LogP contribution is -2.45. The predicted molar refractivity (Wildman–Crippen MR) is 60.3 cm³/mol. The number of alkyl halides is 1. The van der Waals surface area contributed by atoms with Gasteiger partial charge in [-0.2, -0.15) is 0 Å². The van der Waals surface area contributed by atoms with Gasteiger partial charge in [-0.15, -0.1) is 0 Å². The molecule has 1 aliphatic carbocycles. The van der Waals surface area contributed by atoms with Crippen molar-refractivity contribution in [3.63, 3.8) is 0 Å². The minimum absolute atomic E-state index is 0.625. The van der Waals surface area contributed by atoms with E-state index in [9.17, 15) is 4.39 Å². The summed E-state index contributed by atoms with van der Waals surface area (Å²) in [6.45, 7) is 0. The molecule has 0 heterocycles. The van der Waals surface area contributed by atoms with Crippen LogP contribution >= 0.6 is 0 Å². The van der Waals surface area contributed by atoms with Crippen LogP contribution in [-0.2, 0) is 0 Å². The number of hydrogen-bond acceptors (Lipinski definition) is 1. The van der Waals surface area contributed by atoms with Crippen molar-refractivity contribution in [1.29, 1.82) is 0 Å². The molecule has 0 radical (unpaired) electrons. The molecule has 0 saturated heterocycles. The zero-order valence-electron chi connectivity index (χ0n) is 8.95. The summed E-state index contributed by atoms with van der Waals surface area (Å²) in [6.07, 6.45) is 3.92. The molecule has 2 heteroatoms. The van der Waals surface area contributed by atoms with Crippen molar-refractivity contribution in [1.82, 2.24) is 0 Å². The highest BCUT2D eigenvalue weighted by molar-refractivity contribution is 5.21. The van der Waals surface area contributed by atoms with Crippen LogP contribution in [0.15, 0.2) is 30.3 Å². The normalized spacial score (nSPS) is 22.3. The molecule has 15 heavy (non-hydrogen) atoms. The summed E-state index contributed by atoms with van der Waals surface area (Å²) in [6, 6.07) is 9.30. The maximum absolute atomic E-state index is 14.3. The van der Waals surface area contributed by atoms with Gasteiger partial charge in [0.2, 0.25) is 0 Å². The first-order chi connectivity index (χ1) is 7.22. The maximum Gasteiger partial charge on any atom is 0.143 e. The van der Waals surface area contributed by atoms with Crippen molar-refractivity contribution in [3.05, 3.63) is 35.9 Å². The van der Waals surface area contributed by atoms with Gasteiger partial charge in [0.1, 0.15) is 6.17 Å². The van der Waals surface area contributed by atoms with E-state index in [4.69, 9.17) is 5.73 Å². The van der Waals surface area contributed by atoms with Gasteiger partial charge in [-0.1, -0.05) is 49.6 Å². The molecule has 0 bridgehead atoms. The number of nitrogens with two attached hydrogens (primary N) is 1. The molecule has 1 saturated carbocycles. The molecule has 1 unspecified atom stereocenters. The lowest BCUT2D eigenvalue weighted by atomic mass is 9.77. The first kappa shape index (κ1) is 10.6. The number of rotatable bonds is 2. The Bertz CT molecular complexity index is 304. The van der Waals surface area contributed by atoms with E-state index in [0.29, 0.717) is 0 Å². The first-order valence-electron chi connectivity index (χ1n) is 5.70. The molecule has 82 valence electrons. The summed E-state index contributed by atoms with van der Waals surface area (Å²) >= 11 is 0. The van der Waals surface area contributed by atoms with E-state index >= 15 is 0 Å². The summed E-state index contributed by atoms with van der Waals surface area (Å²) in [5.41, 5.74) is 6.26. The van der Waals surface area contributed by atoms with E-state index in [0.717, 1.165) is 31.2 Å². The summed E-state index contributed by atoms with van der Waals surface area (Å²) < 4.78 is 14.3. The van der Waals surface area contributed by atoms with Gasteiger partial charge in [0, 0.05) is 0 Å². The van der Waals surface area contributed by atoms with Crippen LogP contribution in [0.4, 0.5) is 4.39 Å². The Hall–Kier alpha value is -0.890. The molecule has 2 N–H and O–H groups in total. The molecule has 1 fully saturated rings. The third kappa shape index (κ3) is 2.20. The van der Waals surface area contributed by atoms with Gasteiger partial charge in [0.15, 0.2) is 0 Å². The third-order valence-electron chi connectivity index (χ3n) is 3.38. The Morgan fingerprint density at radius 1 is 1.07 bits per heavy atom. The van der Waals surface area contributed by atoms with Crippen LogP contribution in [0, 0.1) is 0 Å². The Kier molecular flexibility index (Phi) is 3.06. The van der Waals surface area contributed by atoms with Crippen molar-refractivity contribution >= 4 is 0 Å². The lowest BCUT2D eigenvalue weighted by molar-refractivity contribution is 0.143. The standard InChI is InChI=1S/C13H18FN/c14-12(11-7-3-1-4-8-11)13(15)9-5-2-6-10-13/h1,3-4,7-8,12H,2,5-6,9-10,15H2. The number of benzene rings is 1. The van der Waals surface area contributed by atoms with E-state index in [-0.39, 0.29) is 0 Å². The Labute approximate surface area is 90.5 Å². The number of halogens is 1. The van der Waals surface area contributed by atoms with Crippen LogP contribution < -0.4 is 5.73 Å². The SMILES string of the molecule is NC1(C(F)c2ccccc2)CCCCC1. The van der Waals surface area contributed by atoms with E-state index in [1.807, 2.05) is 30.3 Å². The predicted octanol–water partition coefficient (Wildman–Crippen LogP) is 3.36. The van der Waals surface area contributed by atoms with Gasteiger partial charge in [0.25, 0.3) is 0 Å². The largest absolute Gasteiger partial charge is 0.322 e. The minimum Gasteiger partial charge on any atom is -0.322 e. The van der Waals surface area contributed by atoms with Crippen LogP contribution in [-0.4, -0.2) is 5.54 Å². The smallest absolute Gasteiger partial charge is 0.143 e. The molecular formula is C13H18FN. The molecule has 0 aliphatic heterocycles. The quantitative estimate of drug-likeness (QED) is 0.790. The third-order valence-corrected chi connectivity index (χ3v) is 3.38. The average molecular weight is 207 g/mol. The second-order valence-electron chi connectivity index (χ2n) is 4.57. The van der Waals surface area contributed by atoms with E-state index in [2.05, 4.69) is 0 Å². The van der Waals surface area contributed by atoms with E-state index < -0.39 is 11.7 Å². The number of hydrogen-bond donors (Lipinski definition) is 1. The Balaban J connectivity index is 2.16. The van der Waals surface area contributed by atoms with Gasteiger partial charge in [0.05, 0.1) is 5.54 Å². The van der Waals surface area contributed by atoms with Crippen LogP contribution in [0.3, 0.4) is 0 Å². The molecule has 1 aliphatic rings. The van der Waals surface area contributed by atoms with Crippen molar-refractivity contribution < 1.29 is 4.39 Å². The summed E-state index contributed by atoms with van der Waals surface area (Å²) in [4.78, 5) is 0. The minimum atomic E-state index is -1.01. The van der Waals surface area contributed by atoms with Gasteiger partial charge in [-0.25, -0.2) is 4.39 Å². The second kappa shape index (κ2) is 4.31. The summed E-state index contributed by atoms with van der Waals surface area (Å²) in [7, 11) is 0.